The average molecular weight is 1090 g/mol. The van der Waals surface area contributed by atoms with Gasteiger partial charge in [-0.15, -0.1) is 0 Å². The Morgan fingerprint density at radius 3 is 0.750 bits per heavy atom. The van der Waals surface area contributed by atoms with E-state index in [9.17, 15) is 53.1 Å². The topological polar surface area (TPSA) is 167 Å². The molecule has 0 aliphatic heterocycles. The van der Waals surface area contributed by atoms with E-state index in [-0.39, 0.29) is 79.5 Å². The summed E-state index contributed by atoms with van der Waals surface area (Å²) in [7, 11) is -11.7. The maximum atomic E-state index is 12.3. The molecule has 0 aromatic heterocycles. The Morgan fingerprint density at radius 2 is 0.618 bits per heavy atom. The van der Waals surface area contributed by atoms with E-state index in [0.717, 1.165) is 0 Å². The van der Waals surface area contributed by atoms with Crippen molar-refractivity contribution in [2.24, 2.45) is 0 Å². The number of carbonyl (C=O) groups is 2. The Morgan fingerprint density at radius 1 is 0.456 bits per heavy atom. The first-order valence-corrected chi connectivity index (χ1v) is 24.4. The molecule has 0 aliphatic carbocycles. The van der Waals surface area contributed by atoms with Crippen LogP contribution < -0.4 is 46.5 Å². The van der Waals surface area contributed by atoms with E-state index in [1.54, 1.807) is 0 Å². The molecule has 0 bridgehead atoms. The molecule has 0 unspecified atom stereocenters. The number of alkyl halides is 4. The van der Waals surface area contributed by atoms with Crippen molar-refractivity contribution in [1.29, 1.82) is 0 Å². The van der Waals surface area contributed by atoms with Crippen molar-refractivity contribution in [2.75, 3.05) is 13.2 Å². The van der Waals surface area contributed by atoms with Gasteiger partial charge in [0.05, 0.1) is 21.8 Å². The molecule has 0 atom stereocenters. The van der Waals surface area contributed by atoms with Crippen molar-refractivity contribution < 1.29 is 109 Å². The molecule has 6 aromatic carbocycles. The summed E-state index contributed by atoms with van der Waals surface area (Å²) in [5, 5.41) is -9.23. The first-order chi connectivity index (χ1) is 31.1. The van der Waals surface area contributed by atoms with Crippen LogP contribution >= 0.6 is 0 Å². The zero-order chi connectivity index (χ0) is 49.0. The van der Waals surface area contributed by atoms with Gasteiger partial charge in [-0.3, -0.25) is 0 Å². The van der Waals surface area contributed by atoms with Crippen LogP contribution in [0.4, 0.5) is 17.6 Å². The maximum Gasteiger partial charge on any atom is 1.00 e. The number of hydrogen-bond donors (Lipinski definition) is 0. The smallest absolute Gasteiger partial charge is 1.00 e. The van der Waals surface area contributed by atoms with Gasteiger partial charge in [0.1, 0.15) is 0 Å². The van der Waals surface area contributed by atoms with E-state index >= 15 is 0 Å². The summed E-state index contributed by atoms with van der Waals surface area (Å²) in [6.45, 7) is 4.91. The first kappa shape index (κ1) is 61.5. The molecule has 0 fully saturated rings. The van der Waals surface area contributed by atoms with Gasteiger partial charge in [-0.2, -0.15) is 17.6 Å². The minimum absolute atomic E-state index is 0. The van der Waals surface area contributed by atoms with Crippen LogP contribution in [0.3, 0.4) is 0 Å². The maximum absolute atomic E-state index is 12.3. The summed E-state index contributed by atoms with van der Waals surface area (Å²) < 4.78 is 117. The molecule has 0 heterocycles. The fraction of sp³-hybridized carbons (Fsp3) is 0.125. The third-order valence-corrected chi connectivity index (χ3v) is 14.2. The Balaban J connectivity index is 0.000000455. The van der Waals surface area contributed by atoms with E-state index < -0.39 is 55.9 Å². The Bertz CT molecular complexity index is 2320. The molecular formula is C48H44BrF4NaO10S4. The number of benzene rings is 6. The summed E-state index contributed by atoms with van der Waals surface area (Å²) in [4.78, 5) is 29.3. The minimum Gasteiger partial charge on any atom is -1.00 e. The molecule has 6 rings (SSSR count). The van der Waals surface area contributed by atoms with Gasteiger partial charge in [0.2, 0.25) is 0 Å². The molecule has 6 aromatic rings. The van der Waals surface area contributed by atoms with E-state index in [1.165, 1.54) is 43.2 Å². The van der Waals surface area contributed by atoms with Crippen LogP contribution in [0, 0.1) is 0 Å². The van der Waals surface area contributed by atoms with Gasteiger partial charge in [-0.05, 0) is 86.6 Å². The Hall–Kier alpha value is -4.54. The van der Waals surface area contributed by atoms with Gasteiger partial charge in [0.15, 0.2) is 62.8 Å². The number of esters is 2. The molecule has 0 spiro atoms. The van der Waals surface area contributed by atoms with Crippen molar-refractivity contribution in [3.05, 3.63) is 206 Å². The normalized spacial score (nSPS) is 11.0. The summed E-state index contributed by atoms with van der Waals surface area (Å²) >= 11 is 0. The average Bonchev–Trinajstić information content (AvgIpc) is 3.29. The van der Waals surface area contributed by atoms with E-state index in [2.05, 4.69) is 205 Å². The largest absolute Gasteiger partial charge is 1.00 e. The van der Waals surface area contributed by atoms with Gasteiger partial charge in [0, 0.05) is 11.1 Å². The molecule has 20 heteroatoms. The molecule has 68 heavy (non-hydrogen) atoms. The van der Waals surface area contributed by atoms with Crippen LogP contribution in [0.5, 0.6) is 0 Å². The van der Waals surface area contributed by atoms with Gasteiger partial charge in [-0.25, -0.2) is 26.4 Å². The zero-order valence-electron chi connectivity index (χ0n) is 36.8. The third kappa shape index (κ3) is 20.2. The van der Waals surface area contributed by atoms with Gasteiger partial charge in [0.25, 0.3) is 0 Å². The van der Waals surface area contributed by atoms with Crippen molar-refractivity contribution >= 4 is 54.0 Å². The van der Waals surface area contributed by atoms with Crippen molar-refractivity contribution in [3.63, 3.8) is 0 Å². The van der Waals surface area contributed by atoms with Crippen LogP contribution in [0.1, 0.15) is 13.8 Å². The summed E-state index contributed by atoms with van der Waals surface area (Å²) in [6, 6.07) is 64.3. The molecule has 0 radical (unpaired) electrons. The summed E-state index contributed by atoms with van der Waals surface area (Å²) in [5.74, 6) is -2.37. The molecule has 0 saturated heterocycles. The third-order valence-electron chi connectivity index (χ3n) is 8.04. The van der Waals surface area contributed by atoms with Gasteiger partial charge in [-0.1, -0.05) is 122 Å². The van der Waals surface area contributed by atoms with Crippen molar-refractivity contribution in [2.45, 2.75) is 53.7 Å². The van der Waals surface area contributed by atoms with Crippen LogP contribution in [0.2, 0.25) is 0 Å². The first-order valence-electron chi connectivity index (χ1n) is 19.2. The van der Waals surface area contributed by atoms with Crippen LogP contribution in [-0.4, -0.2) is 61.6 Å². The molecule has 0 N–H and O–H groups in total. The molecular weight excluding hydrogens is 1040 g/mol. The fourth-order valence-corrected chi connectivity index (χ4v) is 9.46. The van der Waals surface area contributed by atoms with Crippen LogP contribution in [-0.2, 0) is 61.1 Å². The standard InChI is InChI=1S/2C18H15S.2C6H8F2O5S.BrH.Na/c2*1-4-10-16(11-5-1)19(17-12-6-2-7-13-17)18-14-8-3-9-15-18;2*1-4(2)5(9)13-3-6(7,8)14(10,11)12;;/h2*1-15H;2*1,3H2,2H3,(H,10,11,12);1H;/q2*+1;;;;+1/p-3. The second-order valence-electron chi connectivity index (χ2n) is 13.4. The zero-order valence-corrected chi connectivity index (χ0v) is 43.6. The molecule has 0 saturated carbocycles. The summed E-state index contributed by atoms with van der Waals surface area (Å²) in [6.07, 6.45) is 0. The number of carbonyl (C=O) groups excluding carboxylic acids is 2. The van der Waals surface area contributed by atoms with Crippen LogP contribution in [0.25, 0.3) is 0 Å². The number of halogens is 5. The van der Waals surface area contributed by atoms with Crippen molar-refractivity contribution in [3.8, 4) is 0 Å². The van der Waals surface area contributed by atoms with E-state index in [1.807, 2.05) is 0 Å². The number of hydrogen-bond acceptors (Lipinski definition) is 10. The predicted octanol–water partition coefficient (Wildman–Crippen LogP) is 4.06. The molecule has 0 aliphatic rings. The number of rotatable bonds is 14. The van der Waals surface area contributed by atoms with Gasteiger partial charge >= 0.3 is 52.0 Å². The second-order valence-corrected chi connectivity index (χ2v) is 20.5. The minimum atomic E-state index is -5.81. The molecule has 10 nitrogen and oxygen atoms in total. The SMILES string of the molecule is C=C(C)C(=O)OCC(F)(F)S(=O)(=O)[O-].C=C(C)C(=O)OCC(F)(F)S(=O)(=O)[O-].[Br-].[Na+].c1ccc([S+](c2ccccc2)c2ccccc2)cc1.c1ccc([S+](c2ccccc2)c2ccccc2)cc1. The summed E-state index contributed by atoms with van der Waals surface area (Å²) in [5.41, 5.74) is -0.354. The Kier molecular flexibility index (Phi) is 26.7. The van der Waals surface area contributed by atoms with Crippen LogP contribution in [0.15, 0.2) is 236 Å². The van der Waals surface area contributed by atoms with E-state index in [4.69, 9.17) is 0 Å². The monoisotopic (exact) mass is 1090 g/mol. The molecule has 0 amide bonds. The van der Waals surface area contributed by atoms with E-state index in [0.29, 0.717) is 0 Å². The van der Waals surface area contributed by atoms with Gasteiger partial charge < -0.3 is 35.6 Å². The van der Waals surface area contributed by atoms with Crippen molar-refractivity contribution in [1.82, 2.24) is 0 Å². The second kappa shape index (κ2) is 29.5. The number of ether oxygens (including phenoxy) is 2. The molecule has 356 valence electrons. The fourth-order valence-electron chi connectivity index (χ4n) is 4.85. The quantitative estimate of drug-likeness (QED) is 0.0388. The Labute approximate surface area is 432 Å². The predicted molar refractivity (Wildman–Crippen MR) is 244 cm³/mol.